The van der Waals surface area contributed by atoms with Crippen LogP contribution in [0.4, 0.5) is 0 Å². The lowest BCUT2D eigenvalue weighted by atomic mass is 10.3. The minimum absolute atomic E-state index is 0.374. The maximum atomic E-state index is 10.4. The highest BCUT2D eigenvalue weighted by Crippen LogP contribution is 2.06. The van der Waals surface area contributed by atoms with Crippen LogP contribution < -0.4 is 5.73 Å². The second-order valence-electron chi connectivity index (χ2n) is 2.61. The van der Waals surface area contributed by atoms with Crippen molar-refractivity contribution in [3.63, 3.8) is 0 Å². The van der Waals surface area contributed by atoms with E-state index >= 15 is 0 Å². The van der Waals surface area contributed by atoms with Gasteiger partial charge >= 0.3 is 0 Å². The third-order valence-electron chi connectivity index (χ3n) is 1.80. The van der Waals surface area contributed by atoms with E-state index in [0.717, 1.165) is 12.7 Å². The predicted molar refractivity (Wildman–Crippen MR) is 54.4 cm³/mol. The SMILES string of the molecule is CO.NCc1cnn2ccc(C=O)nc12. The van der Waals surface area contributed by atoms with E-state index in [1.807, 2.05) is 0 Å². The predicted octanol–water partition coefficient (Wildman–Crippen LogP) is -0.391. The first kappa shape index (κ1) is 11.3. The fourth-order valence-electron chi connectivity index (χ4n) is 1.14. The highest BCUT2D eigenvalue weighted by Gasteiger charge is 2.03. The maximum Gasteiger partial charge on any atom is 0.168 e. The van der Waals surface area contributed by atoms with E-state index in [1.165, 1.54) is 0 Å². The van der Waals surface area contributed by atoms with E-state index in [0.29, 0.717) is 24.2 Å². The molecule has 0 saturated heterocycles. The number of hydrogen-bond donors (Lipinski definition) is 2. The Labute approximate surface area is 86.4 Å². The fraction of sp³-hybridized carbons (Fsp3) is 0.222. The second kappa shape index (κ2) is 5.18. The third kappa shape index (κ3) is 2.17. The van der Waals surface area contributed by atoms with Crippen LogP contribution in [-0.2, 0) is 6.54 Å². The van der Waals surface area contributed by atoms with Crippen molar-refractivity contribution in [1.29, 1.82) is 0 Å². The highest BCUT2D eigenvalue weighted by atomic mass is 16.2. The Hall–Kier alpha value is -1.79. The van der Waals surface area contributed by atoms with Crippen molar-refractivity contribution in [1.82, 2.24) is 14.6 Å². The molecule has 2 heterocycles. The van der Waals surface area contributed by atoms with Crippen LogP contribution in [-0.4, -0.2) is 33.1 Å². The quantitative estimate of drug-likeness (QED) is 0.655. The summed E-state index contributed by atoms with van der Waals surface area (Å²) in [6.07, 6.45) is 4.04. The smallest absolute Gasteiger partial charge is 0.168 e. The number of carbonyl (C=O) groups excluding carboxylic acids is 1. The monoisotopic (exact) mass is 208 g/mol. The molecule has 2 aromatic heterocycles. The Morgan fingerprint density at radius 2 is 2.33 bits per heavy atom. The number of aliphatic hydroxyl groups excluding tert-OH is 1. The van der Waals surface area contributed by atoms with Crippen molar-refractivity contribution in [3.05, 3.63) is 29.7 Å². The van der Waals surface area contributed by atoms with Gasteiger partial charge in [-0.25, -0.2) is 9.50 Å². The Morgan fingerprint density at radius 3 is 2.93 bits per heavy atom. The zero-order valence-corrected chi connectivity index (χ0v) is 8.29. The molecule has 0 aliphatic carbocycles. The number of carbonyl (C=O) groups is 1. The van der Waals surface area contributed by atoms with E-state index in [1.54, 1.807) is 23.0 Å². The Morgan fingerprint density at radius 1 is 1.60 bits per heavy atom. The van der Waals surface area contributed by atoms with Crippen molar-refractivity contribution in [3.8, 4) is 0 Å². The molecule has 0 aromatic carbocycles. The third-order valence-corrected chi connectivity index (χ3v) is 1.80. The van der Waals surface area contributed by atoms with Gasteiger partial charge in [0, 0.05) is 25.4 Å². The van der Waals surface area contributed by atoms with Gasteiger partial charge in [-0.1, -0.05) is 0 Å². The average molecular weight is 208 g/mol. The molecule has 3 N–H and O–H groups in total. The van der Waals surface area contributed by atoms with Crippen molar-refractivity contribution in [2.45, 2.75) is 6.54 Å². The molecular formula is C9H12N4O2. The van der Waals surface area contributed by atoms with Gasteiger partial charge in [-0.3, -0.25) is 4.79 Å². The van der Waals surface area contributed by atoms with Gasteiger partial charge in [-0.15, -0.1) is 0 Å². The highest BCUT2D eigenvalue weighted by molar-refractivity contribution is 5.72. The van der Waals surface area contributed by atoms with Crippen molar-refractivity contribution in [2.24, 2.45) is 5.73 Å². The lowest BCUT2D eigenvalue weighted by Crippen LogP contribution is -1.99. The molecule has 80 valence electrons. The van der Waals surface area contributed by atoms with Crippen LogP contribution in [0.5, 0.6) is 0 Å². The van der Waals surface area contributed by atoms with Gasteiger partial charge in [0.15, 0.2) is 11.9 Å². The van der Waals surface area contributed by atoms with Gasteiger partial charge in [0.1, 0.15) is 5.69 Å². The summed E-state index contributed by atoms with van der Waals surface area (Å²) in [6, 6.07) is 1.60. The van der Waals surface area contributed by atoms with Crippen molar-refractivity contribution >= 4 is 11.9 Å². The number of aldehydes is 1. The van der Waals surface area contributed by atoms with Gasteiger partial charge < -0.3 is 10.8 Å². The molecule has 0 spiro atoms. The molecule has 0 aliphatic heterocycles. The van der Waals surface area contributed by atoms with E-state index in [4.69, 9.17) is 10.8 Å². The molecule has 2 aromatic rings. The Kier molecular flexibility index (Phi) is 3.90. The average Bonchev–Trinajstić information content (AvgIpc) is 2.73. The van der Waals surface area contributed by atoms with Crippen LogP contribution in [0.25, 0.3) is 5.65 Å². The number of rotatable bonds is 2. The van der Waals surface area contributed by atoms with Crippen molar-refractivity contribution in [2.75, 3.05) is 7.11 Å². The normalized spacial score (nSPS) is 9.53. The van der Waals surface area contributed by atoms with Crippen LogP contribution >= 0.6 is 0 Å². The van der Waals surface area contributed by atoms with E-state index < -0.39 is 0 Å². The summed E-state index contributed by atoms with van der Waals surface area (Å²) in [5.74, 6) is 0. The summed E-state index contributed by atoms with van der Waals surface area (Å²) < 4.78 is 1.59. The fourth-order valence-corrected chi connectivity index (χ4v) is 1.14. The molecule has 0 atom stereocenters. The summed E-state index contributed by atoms with van der Waals surface area (Å²) >= 11 is 0. The summed E-state index contributed by atoms with van der Waals surface area (Å²) in [5.41, 5.74) is 7.34. The van der Waals surface area contributed by atoms with Crippen LogP contribution in [0.2, 0.25) is 0 Å². The molecule has 2 rings (SSSR count). The molecule has 0 fully saturated rings. The van der Waals surface area contributed by atoms with Crippen LogP contribution in [0.3, 0.4) is 0 Å². The van der Waals surface area contributed by atoms with Crippen LogP contribution in [0.15, 0.2) is 18.5 Å². The van der Waals surface area contributed by atoms with Crippen LogP contribution in [0, 0.1) is 0 Å². The van der Waals surface area contributed by atoms with E-state index in [2.05, 4.69) is 10.1 Å². The molecule has 0 unspecified atom stereocenters. The molecule has 6 heteroatoms. The first-order chi connectivity index (χ1) is 7.35. The second-order valence-corrected chi connectivity index (χ2v) is 2.61. The zero-order chi connectivity index (χ0) is 11.3. The van der Waals surface area contributed by atoms with Gasteiger partial charge in [0.2, 0.25) is 0 Å². The summed E-state index contributed by atoms with van der Waals surface area (Å²) in [4.78, 5) is 14.5. The lowest BCUT2D eigenvalue weighted by Gasteiger charge is -1.94. The van der Waals surface area contributed by atoms with E-state index in [9.17, 15) is 4.79 Å². The molecular weight excluding hydrogens is 196 g/mol. The largest absolute Gasteiger partial charge is 0.400 e. The molecule has 6 nitrogen and oxygen atoms in total. The Balaban J connectivity index is 0.000000531. The number of aromatic nitrogens is 3. The number of nitrogens with two attached hydrogens (primary N) is 1. The Bertz CT molecular complexity index is 452. The number of fused-ring (bicyclic) bond motifs is 1. The zero-order valence-electron chi connectivity index (χ0n) is 8.29. The lowest BCUT2D eigenvalue weighted by molar-refractivity contribution is 0.111. The first-order valence-corrected chi connectivity index (χ1v) is 4.28. The molecule has 0 amide bonds. The standard InChI is InChI=1S/C8H8N4O.CH4O/c9-3-6-4-10-12-2-1-7(5-13)11-8(6)12;1-2/h1-2,4-5H,3,9H2;2H,1H3. The summed E-state index contributed by atoms with van der Waals surface area (Å²) in [7, 11) is 1.00. The van der Waals surface area contributed by atoms with Gasteiger partial charge in [-0.05, 0) is 6.07 Å². The van der Waals surface area contributed by atoms with Crippen molar-refractivity contribution < 1.29 is 9.90 Å². The number of aliphatic hydroxyl groups is 1. The van der Waals surface area contributed by atoms with Gasteiger partial charge in [-0.2, -0.15) is 5.10 Å². The minimum Gasteiger partial charge on any atom is -0.400 e. The maximum absolute atomic E-state index is 10.4. The summed E-state index contributed by atoms with van der Waals surface area (Å²) in [5, 5.41) is 11.0. The minimum atomic E-state index is 0.374. The topological polar surface area (TPSA) is 93.5 Å². The molecule has 0 aliphatic rings. The first-order valence-electron chi connectivity index (χ1n) is 4.28. The number of hydrogen-bond acceptors (Lipinski definition) is 5. The van der Waals surface area contributed by atoms with Gasteiger partial charge in [0.25, 0.3) is 0 Å². The summed E-state index contributed by atoms with van der Waals surface area (Å²) in [6.45, 7) is 0.374. The van der Waals surface area contributed by atoms with E-state index in [-0.39, 0.29) is 0 Å². The molecule has 0 saturated carbocycles. The van der Waals surface area contributed by atoms with Gasteiger partial charge in [0.05, 0.1) is 6.20 Å². The van der Waals surface area contributed by atoms with Crippen LogP contribution in [0.1, 0.15) is 16.1 Å². The number of nitrogens with zero attached hydrogens (tertiary/aromatic N) is 3. The molecule has 0 radical (unpaired) electrons. The molecule has 15 heavy (non-hydrogen) atoms. The molecule has 0 bridgehead atoms.